The van der Waals surface area contributed by atoms with Crippen molar-refractivity contribution in [3.8, 4) is 0 Å². The van der Waals surface area contributed by atoms with Gasteiger partial charge in [-0.2, -0.15) is 13.2 Å². The minimum absolute atomic E-state index is 0.286. The first-order valence-corrected chi connectivity index (χ1v) is 12.3. The van der Waals surface area contributed by atoms with Gasteiger partial charge in [0.25, 0.3) is 0 Å². The minimum atomic E-state index is -4.30. The molecule has 4 nitrogen and oxygen atoms in total. The highest BCUT2D eigenvalue weighted by atomic mass is 32.1. The summed E-state index contributed by atoms with van der Waals surface area (Å²) in [6.45, 7) is 4.72. The fraction of sp³-hybridized carbons (Fsp3) is 0.346. The van der Waals surface area contributed by atoms with Crippen LogP contribution in [0.4, 0.5) is 29.5 Å². The van der Waals surface area contributed by atoms with E-state index in [1.807, 2.05) is 18.2 Å². The summed E-state index contributed by atoms with van der Waals surface area (Å²) in [5.74, 6) is 0.990. The van der Waals surface area contributed by atoms with Crippen molar-refractivity contribution in [2.24, 2.45) is 4.99 Å². The van der Waals surface area contributed by atoms with Crippen molar-refractivity contribution in [3.05, 3.63) is 76.2 Å². The van der Waals surface area contributed by atoms with Crippen molar-refractivity contribution in [1.82, 2.24) is 9.80 Å². The number of anilines is 2. The van der Waals surface area contributed by atoms with E-state index in [2.05, 4.69) is 41.2 Å². The van der Waals surface area contributed by atoms with Crippen LogP contribution in [0, 0.1) is 6.92 Å². The highest BCUT2D eigenvalue weighted by Gasteiger charge is 2.31. The second kappa shape index (κ2) is 9.07. The number of hydrogen-bond donors (Lipinski definition) is 1. The molecule has 34 heavy (non-hydrogen) atoms. The summed E-state index contributed by atoms with van der Waals surface area (Å²) in [7, 11) is 2.13. The third-order valence-electron chi connectivity index (χ3n) is 6.60. The van der Waals surface area contributed by atoms with Crippen LogP contribution in [-0.4, -0.2) is 48.4 Å². The first kappa shape index (κ1) is 22.9. The molecular weight excluding hydrogens is 457 g/mol. The van der Waals surface area contributed by atoms with Gasteiger partial charge in [0, 0.05) is 30.6 Å². The van der Waals surface area contributed by atoms with Gasteiger partial charge in [0.05, 0.1) is 22.5 Å². The summed E-state index contributed by atoms with van der Waals surface area (Å²) in [4.78, 5) is 11.0. The summed E-state index contributed by atoms with van der Waals surface area (Å²) >= 11 is 1.74. The van der Waals surface area contributed by atoms with Crippen molar-refractivity contribution in [2.75, 3.05) is 32.0 Å². The van der Waals surface area contributed by atoms with Crippen molar-refractivity contribution >= 4 is 33.5 Å². The lowest BCUT2D eigenvalue weighted by Gasteiger charge is -2.41. The molecule has 0 amide bonds. The van der Waals surface area contributed by atoms with Crippen LogP contribution in [0.1, 0.15) is 28.0 Å². The van der Waals surface area contributed by atoms with Crippen molar-refractivity contribution in [2.45, 2.75) is 32.0 Å². The van der Waals surface area contributed by atoms with Crippen molar-refractivity contribution in [3.63, 3.8) is 0 Å². The highest BCUT2D eigenvalue weighted by Crippen LogP contribution is 2.39. The normalized spacial score (nSPS) is 18.6. The number of aryl methyl sites for hydroxylation is 2. The number of halogens is 3. The molecule has 0 saturated carbocycles. The van der Waals surface area contributed by atoms with Crippen LogP contribution in [0.15, 0.2) is 59.6 Å². The van der Waals surface area contributed by atoms with Crippen LogP contribution in [0.3, 0.4) is 0 Å². The van der Waals surface area contributed by atoms with Gasteiger partial charge in [-0.3, -0.25) is 4.90 Å². The molecule has 0 radical (unpaired) electrons. The van der Waals surface area contributed by atoms with Crippen LogP contribution in [0.2, 0.25) is 0 Å². The third-order valence-corrected chi connectivity index (χ3v) is 7.56. The fourth-order valence-corrected chi connectivity index (χ4v) is 5.55. The number of amidine groups is 1. The lowest BCUT2D eigenvalue weighted by molar-refractivity contribution is -0.137. The number of nitrogens with one attached hydrogen (secondary N) is 1. The second-order valence-electron chi connectivity index (χ2n) is 8.99. The Balaban J connectivity index is 1.35. The second-order valence-corrected chi connectivity index (χ2v) is 10.2. The maximum atomic E-state index is 12.9. The molecule has 1 aromatic heterocycles. The smallest absolute Gasteiger partial charge is 0.353 e. The SMILES string of the molecule is Cc1cc2c(s1)Nc1ccccc1N=C2N1CCN(C)C(CCc2ccc(C(F)(F)F)cc2)C1. The number of benzene rings is 2. The first-order valence-electron chi connectivity index (χ1n) is 11.4. The molecule has 0 bridgehead atoms. The van der Waals surface area contributed by atoms with Gasteiger partial charge >= 0.3 is 6.18 Å². The monoisotopic (exact) mass is 484 g/mol. The lowest BCUT2D eigenvalue weighted by Crippen LogP contribution is -2.53. The number of rotatable bonds is 3. The van der Waals surface area contributed by atoms with Crippen LogP contribution in [0.25, 0.3) is 0 Å². The maximum absolute atomic E-state index is 12.9. The average molecular weight is 485 g/mol. The number of aliphatic imine (C=N–C) groups is 1. The Kier molecular flexibility index (Phi) is 6.12. The molecule has 1 N–H and O–H groups in total. The summed E-state index contributed by atoms with van der Waals surface area (Å²) in [6, 6.07) is 16.1. The number of alkyl halides is 3. The quantitative estimate of drug-likeness (QED) is 0.463. The zero-order valence-electron chi connectivity index (χ0n) is 19.2. The number of para-hydroxylation sites is 2. The Bertz CT molecular complexity index is 1200. The summed E-state index contributed by atoms with van der Waals surface area (Å²) in [6.07, 6.45) is -2.69. The Labute approximate surface area is 201 Å². The van der Waals surface area contributed by atoms with Gasteiger partial charge < -0.3 is 10.2 Å². The molecule has 2 aromatic carbocycles. The van der Waals surface area contributed by atoms with E-state index in [-0.39, 0.29) is 6.04 Å². The van der Waals surface area contributed by atoms with Crippen LogP contribution >= 0.6 is 11.3 Å². The predicted octanol–water partition coefficient (Wildman–Crippen LogP) is 6.46. The number of likely N-dealkylation sites (N-methyl/N-ethyl adjacent to an activating group) is 1. The minimum Gasteiger partial charge on any atom is -0.353 e. The molecule has 5 rings (SSSR count). The van der Waals surface area contributed by atoms with E-state index < -0.39 is 11.7 Å². The average Bonchev–Trinajstić information content (AvgIpc) is 3.10. The van der Waals surface area contributed by atoms with E-state index in [9.17, 15) is 13.2 Å². The van der Waals surface area contributed by atoms with Gasteiger partial charge in [0.1, 0.15) is 10.8 Å². The van der Waals surface area contributed by atoms with Crippen molar-refractivity contribution in [1.29, 1.82) is 0 Å². The van der Waals surface area contributed by atoms with Crippen molar-refractivity contribution < 1.29 is 13.2 Å². The van der Waals surface area contributed by atoms with Crippen LogP contribution < -0.4 is 5.32 Å². The number of nitrogens with zero attached hydrogens (tertiary/aromatic N) is 3. The van der Waals surface area contributed by atoms with E-state index in [0.29, 0.717) is 0 Å². The Morgan fingerprint density at radius 1 is 1.09 bits per heavy atom. The summed E-state index contributed by atoms with van der Waals surface area (Å²) in [5.41, 5.74) is 3.40. The summed E-state index contributed by atoms with van der Waals surface area (Å²) in [5, 5.41) is 4.67. The van der Waals surface area contributed by atoms with E-state index in [1.165, 1.54) is 17.0 Å². The largest absolute Gasteiger partial charge is 0.416 e. The van der Waals surface area contributed by atoms with Crippen LogP contribution in [-0.2, 0) is 12.6 Å². The van der Waals surface area contributed by atoms with E-state index in [1.54, 1.807) is 23.5 Å². The molecule has 8 heteroatoms. The molecule has 1 fully saturated rings. The van der Waals surface area contributed by atoms with Gasteiger partial charge in [-0.25, -0.2) is 4.99 Å². The fourth-order valence-electron chi connectivity index (χ4n) is 4.63. The number of hydrogen-bond acceptors (Lipinski definition) is 5. The van der Waals surface area contributed by atoms with Gasteiger partial charge in [0.2, 0.25) is 0 Å². The molecule has 1 saturated heterocycles. The number of thiophene rings is 1. The maximum Gasteiger partial charge on any atom is 0.416 e. The summed E-state index contributed by atoms with van der Waals surface area (Å²) < 4.78 is 38.6. The molecule has 0 spiro atoms. The van der Waals surface area contributed by atoms with E-state index in [0.717, 1.165) is 65.8 Å². The van der Waals surface area contributed by atoms with Gasteiger partial charge in [-0.05, 0) is 62.7 Å². The standard InChI is InChI=1S/C26H27F3N4S/c1-17-15-21-24(30-22-5-3-4-6-23(22)31-25(21)34-17)33-14-13-32(2)20(16-33)12-9-18-7-10-19(11-8-18)26(27,28)29/h3-8,10-11,15,20,31H,9,12-14,16H2,1-2H3. The Morgan fingerprint density at radius 3 is 2.62 bits per heavy atom. The lowest BCUT2D eigenvalue weighted by atomic mass is 10.0. The van der Waals surface area contributed by atoms with E-state index >= 15 is 0 Å². The molecular formula is C26H27F3N4S. The molecule has 3 heterocycles. The van der Waals surface area contributed by atoms with Gasteiger partial charge in [-0.15, -0.1) is 11.3 Å². The Hall–Kier alpha value is -2.84. The molecule has 0 aliphatic carbocycles. The Morgan fingerprint density at radius 2 is 1.85 bits per heavy atom. The van der Waals surface area contributed by atoms with Gasteiger partial charge in [0.15, 0.2) is 0 Å². The molecule has 1 atom stereocenters. The molecule has 2 aliphatic heterocycles. The zero-order chi connectivity index (χ0) is 23.9. The first-order chi connectivity index (χ1) is 16.3. The predicted molar refractivity (Wildman–Crippen MR) is 133 cm³/mol. The molecule has 1 unspecified atom stereocenters. The molecule has 178 valence electrons. The van der Waals surface area contributed by atoms with Gasteiger partial charge in [-0.1, -0.05) is 24.3 Å². The number of piperazine rings is 1. The van der Waals surface area contributed by atoms with Crippen LogP contribution in [0.5, 0.6) is 0 Å². The third kappa shape index (κ3) is 4.70. The van der Waals surface area contributed by atoms with E-state index in [4.69, 9.17) is 4.99 Å². The topological polar surface area (TPSA) is 30.9 Å². The highest BCUT2D eigenvalue weighted by molar-refractivity contribution is 7.16. The molecule has 2 aliphatic rings. The molecule has 3 aromatic rings. The number of fused-ring (bicyclic) bond motifs is 2. The zero-order valence-corrected chi connectivity index (χ0v) is 20.0.